The molecule has 0 saturated carbocycles. The molecule has 2 aliphatic rings. The number of nitrogens with zero attached hydrogens (tertiary/aromatic N) is 2. The molecule has 4 nitrogen and oxygen atoms in total. The summed E-state index contributed by atoms with van der Waals surface area (Å²) in [6, 6.07) is 8.36. The molecule has 2 heterocycles. The first-order valence-corrected chi connectivity index (χ1v) is 7.04. The maximum absolute atomic E-state index is 12.3. The lowest BCUT2D eigenvalue weighted by Crippen LogP contribution is -2.41. The van der Waals surface area contributed by atoms with Gasteiger partial charge in [-0.05, 0) is 30.9 Å². The molecule has 19 heavy (non-hydrogen) atoms. The minimum absolute atomic E-state index is 0.00329. The highest BCUT2D eigenvalue weighted by Gasteiger charge is 2.36. The van der Waals surface area contributed by atoms with Gasteiger partial charge in [0, 0.05) is 31.9 Å². The average molecular weight is 259 g/mol. The molecule has 4 heteroatoms. The van der Waals surface area contributed by atoms with Gasteiger partial charge in [-0.25, -0.2) is 0 Å². The first-order valence-electron chi connectivity index (χ1n) is 7.04. The molecule has 0 aliphatic carbocycles. The summed E-state index contributed by atoms with van der Waals surface area (Å²) in [7, 11) is 1.89. The summed E-state index contributed by atoms with van der Waals surface area (Å²) in [4.78, 5) is 16.4. The molecule has 0 radical (unpaired) electrons. The Balaban J connectivity index is 1.98. The van der Waals surface area contributed by atoms with Gasteiger partial charge in [-0.2, -0.15) is 0 Å². The number of para-hydroxylation sites is 1. The Bertz CT molecular complexity index is 488. The molecule has 3 rings (SSSR count). The van der Waals surface area contributed by atoms with Crippen LogP contribution in [0.4, 0.5) is 5.69 Å². The maximum Gasteiger partial charge on any atom is 0.245 e. The molecule has 1 saturated heterocycles. The molecule has 2 unspecified atom stereocenters. The number of carbonyl (C=O) groups excluding carboxylic acids is 1. The van der Waals surface area contributed by atoms with Crippen LogP contribution in [0.2, 0.25) is 0 Å². The van der Waals surface area contributed by atoms with E-state index in [1.165, 1.54) is 5.56 Å². The Morgan fingerprint density at radius 1 is 1.21 bits per heavy atom. The molecule has 2 aliphatic heterocycles. The van der Waals surface area contributed by atoms with Gasteiger partial charge in [0.25, 0.3) is 0 Å². The van der Waals surface area contributed by atoms with Crippen molar-refractivity contribution in [3.63, 3.8) is 0 Å². The number of amides is 1. The first-order chi connectivity index (χ1) is 9.18. The molecule has 1 amide bonds. The van der Waals surface area contributed by atoms with Gasteiger partial charge in [0.1, 0.15) is 6.04 Å². The summed E-state index contributed by atoms with van der Waals surface area (Å²) in [5.41, 5.74) is 8.58. The number of hydrogen-bond acceptors (Lipinski definition) is 3. The van der Waals surface area contributed by atoms with Crippen molar-refractivity contribution in [3.8, 4) is 0 Å². The highest BCUT2D eigenvalue weighted by Crippen LogP contribution is 2.34. The molecular formula is C15H21N3O. The normalized spacial score (nSPS) is 27.4. The van der Waals surface area contributed by atoms with Crippen molar-refractivity contribution in [2.24, 2.45) is 5.73 Å². The molecule has 0 spiro atoms. The van der Waals surface area contributed by atoms with E-state index in [0.29, 0.717) is 0 Å². The van der Waals surface area contributed by atoms with Crippen LogP contribution >= 0.6 is 0 Å². The van der Waals surface area contributed by atoms with Crippen LogP contribution < -0.4 is 10.6 Å². The van der Waals surface area contributed by atoms with Crippen molar-refractivity contribution in [2.45, 2.75) is 31.3 Å². The minimum atomic E-state index is -0.00329. The van der Waals surface area contributed by atoms with E-state index in [-0.39, 0.29) is 18.0 Å². The van der Waals surface area contributed by atoms with Crippen LogP contribution in [0, 0.1) is 0 Å². The van der Waals surface area contributed by atoms with Gasteiger partial charge in [0.15, 0.2) is 0 Å². The second-order valence-corrected chi connectivity index (χ2v) is 5.57. The number of nitrogens with two attached hydrogens (primary N) is 1. The van der Waals surface area contributed by atoms with Gasteiger partial charge < -0.3 is 15.5 Å². The monoisotopic (exact) mass is 259 g/mol. The number of anilines is 1. The van der Waals surface area contributed by atoms with Gasteiger partial charge in [0.05, 0.1) is 0 Å². The molecule has 1 aromatic carbocycles. The molecule has 0 bridgehead atoms. The lowest BCUT2D eigenvalue weighted by Gasteiger charge is -2.30. The van der Waals surface area contributed by atoms with E-state index in [2.05, 4.69) is 17.0 Å². The standard InChI is InChI=1S/C15H21N3O/c1-17-10-8-14(15(17)19)18-9-4-6-12(16)11-5-2-3-7-13(11)18/h2-3,5,7,12,14H,4,6,8-10,16H2,1H3. The Labute approximate surface area is 114 Å². The van der Waals surface area contributed by atoms with Crippen molar-refractivity contribution in [3.05, 3.63) is 29.8 Å². The Hall–Kier alpha value is -1.55. The van der Waals surface area contributed by atoms with Crippen LogP contribution in [0.15, 0.2) is 24.3 Å². The quantitative estimate of drug-likeness (QED) is 0.832. The highest BCUT2D eigenvalue weighted by atomic mass is 16.2. The van der Waals surface area contributed by atoms with Crippen LogP contribution in [-0.2, 0) is 4.79 Å². The largest absolute Gasteiger partial charge is 0.359 e. The van der Waals surface area contributed by atoms with Crippen LogP contribution in [0.5, 0.6) is 0 Å². The second-order valence-electron chi connectivity index (χ2n) is 5.57. The third-order valence-electron chi connectivity index (χ3n) is 4.34. The summed E-state index contributed by atoms with van der Waals surface area (Å²) in [6.45, 7) is 1.78. The van der Waals surface area contributed by atoms with Crippen LogP contribution in [0.25, 0.3) is 0 Å². The zero-order chi connectivity index (χ0) is 13.4. The summed E-state index contributed by atoms with van der Waals surface area (Å²) in [5, 5.41) is 0. The van der Waals surface area contributed by atoms with Crippen molar-refractivity contribution < 1.29 is 4.79 Å². The van der Waals surface area contributed by atoms with E-state index in [9.17, 15) is 4.79 Å². The van der Waals surface area contributed by atoms with E-state index in [4.69, 9.17) is 5.73 Å². The predicted molar refractivity (Wildman–Crippen MR) is 76.0 cm³/mol. The van der Waals surface area contributed by atoms with Gasteiger partial charge in [-0.15, -0.1) is 0 Å². The molecular weight excluding hydrogens is 238 g/mol. The SMILES string of the molecule is CN1CCC(N2CCCC(N)c3ccccc32)C1=O. The lowest BCUT2D eigenvalue weighted by atomic mass is 10.0. The van der Waals surface area contributed by atoms with Gasteiger partial charge in [0.2, 0.25) is 5.91 Å². The Kier molecular flexibility index (Phi) is 3.19. The minimum Gasteiger partial charge on any atom is -0.359 e. The smallest absolute Gasteiger partial charge is 0.245 e. The number of hydrogen-bond donors (Lipinski definition) is 1. The molecule has 2 atom stereocenters. The average Bonchev–Trinajstić information content (AvgIpc) is 2.66. The number of rotatable bonds is 1. The zero-order valence-corrected chi connectivity index (χ0v) is 11.4. The first kappa shape index (κ1) is 12.5. The summed E-state index contributed by atoms with van der Waals surface area (Å²) in [6.07, 6.45) is 2.95. The fourth-order valence-electron chi connectivity index (χ4n) is 3.24. The van der Waals surface area contributed by atoms with Crippen molar-refractivity contribution in [1.29, 1.82) is 0 Å². The molecule has 1 aromatic rings. The predicted octanol–water partition coefficient (Wildman–Crippen LogP) is 1.52. The fraction of sp³-hybridized carbons (Fsp3) is 0.533. The Morgan fingerprint density at radius 3 is 2.74 bits per heavy atom. The number of carbonyl (C=O) groups is 1. The summed E-state index contributed by atoms with van der Waals surface area (Å²) in [5.74, 6) is 0.241. The summed E-state index contributed by atoms with van der Waals surface area (Å²) < 4.78 is 0. The van der Waals surface area contributed by atoms with Crippen LogP contribution in [-0.4, -0.2) is 37.0 Å². The zero-order valence-electron chi connectivity index (χ0n) is 11.4. The molecule has 102 valence electrons. The topological polar surface area (TPSA) is 49.6 Å². The van der Waals surface area contributed by atoms with E-state index in [1.54, 1.807) is 0 Å². The lowest BCUT2D eigenvalue weighted by molar-refractivity contribution is -0.127. The van der Waals surface area contributed by atoms with Crippen LogP contribution in [0.3, 0.4) is 0 Å². The summed E-state index contributed by atoms with van der Waals surface area (Å²) >= 11 is 0. The number of likely N-dealkylation sites (tertiary alicyclic amines) is 1. The number of fused-ring (bicyclic) bond motifs is 1. The van der Waals surface area contributed by atoms with Crippen molar-refractivity contribution in [2.75, 3.05) is 25.0 Å². The van der Waals surface area contributed by atoms with Gasteiger partial charge in [-0.1, -0.05) is 18.2 Å². The van der Waals surface area contributed by atoms with Crippen molar-refractivity contribution >= 4 is 11.6 Å². The molecule has 0 aromatic heterocycles. The van der Waals surface area contributed by atoms with Gasteiger partial charge >= 0.3 is 0 Å². The number of likely N-dealkylation sites (N-methyl/N-ethyl adjacent to an activating group) is 1. The van der Waals surface area contributed by atoms with E-state index < -0.39 is 0 Å². The van der Waals surface area contributed by atoms with E-state index in [0.717, 1.165) is 38.0 Å². The fourth-order valence-corrected chi connectivity index (χ4v) is 3.24. The maximum atomic E-state index is 12.3. The van der Waals surface area contributed by atoms with Crippen molar-refractivity contribution in [1.82, 2.24) is 4.90 Å². The van der Waals surface area contributed by atoms with E-state index >= 15 is 0 Å². The highest BCUT2D eigenvalue weighted by molar-refractivity contribution is 5.87. The van der Waals surface area contributed by atoms with E-state index in [1.807, 2.05) is 24.1 Å². The number of benzene rings is 1. The molecule has 1 fully saturated rings. The third kappa shape index (κ3) is 2.10. The Morgan fingerprint density at radius 2 is 2.00 bits per heavy atom. The van der Waals surface area contributed by atoms with Gasteiger partial charge in [-0.3, -0.25) is 4.79 Å². The van der Waals surface area contributed by atoms with Crippen LogP contribution in [0.1, 0.15) is 30.9 Å². The third-order valence-corrected chi connectivity index (χ3v) is 4.34. The second kappa shape index (κ2) is 4.85. The molecule has 2 N–H and O–H groups in total.